The minimum absolute atomic E-state index is 0. The van der Waals surface area contributed by atoms with Gasteiger partial charge in [-0.2, -0.15) is 0 Å². The molecule has 0 spiro atoms. The van der Waals surface area contributed by atoms with Gasteiger partial charge in [0.2, 0.25) is 5.91 Å². The van der Waals surface area contributed by atoms with Crippen molar-refractivity contribution in [2.75, 3.05) is 6.54 Å². The molecule has 0 aliphatic carbocycles. The van der Waals surface area contributed by atoms with Crippen molar-refractivity contribution in [2.45, 2.75) is 31.8 Å². The van der Waals surface area contributed by atoms with Gasteiger partial charge in [0, 0.05) is 17.3 Å². The van der Waals surface area contributed by atoms with E-state index in [4.69, 9.17) is 0 Å². The number of hydrogen-bond donors (Lipinski definition) is 2. The molecule has 2 rings (SSSR count). The largest absolute Gasteiger partial charge is 0.351 e. The van der Waals surface area contributed by atoms with Gasteiger partial charge in [-0.3, -0.25) is 4.79 Å². The first kappa shape index (κ1) is 13.5. The Morgan fingerprint density at radius 1 is 1.62 bits per heavy atom. The molecule has 1 aliphatic rings. The van der Waals surface area contributed by atoms with Gasteiger partial charge in [0.25, 0.3) is 0 Å². The number of amides is 1. The zero-order valence-electron chi connectivity index (χ0n) is 9.07. The highest BCUT2D eigenvalue weighted by atomic mass is 35.5. The van der Waals surface area contributed by atoms with Gasteiger partial charge in [0.1, 0.15) is 0 Å². The van der Waals surface area contributed by atoms with Crippen LogP contribution in [0.3, 0.4) is 0 Å². The van der Waals surface area contributed by atoms with Gasteiger partial charge in [0.05, 0.1) is 6.54 Å². The summed E-state index contributed by atoms with van der Waals surface area (Å²) in [7, 11) is 0. The van der Waals surface area contributed by atoms with Crippen LogP contribution in [-0.2, 0) is 11.3 Å². The molecule has 1 amide bonds. The molecule has 0 aromatic carbocycles. The van der Waals surface area contributed by atoms with Crippen LogP contribution in [0.25, 0.3) is 0 Å². The fourth-order valence-corrected chi connectivity index (χ4v) is 2.47. The molecule has 3 nitrogen and oxygen atoms in total. The number of carbonyl (C=O) groups is 1. The van der Waals surface area contributed by atoms with Crippen LogP contribution < -0.4 is 10.6 Å². The first-order valence-electron chi connectivity index (χ1n) is 5.37. The van der Waals surface area contributed by atoms with Crippen LogP contribution in [0.1, 0.15) is 24.1 Å². The molecule has 90 valence electrons. The van der Waals surface area contributed by atoms with Crippen molar-refractivity contribution in [1.29, 1.82) is 0 Å². The van der Waals surface area contributed by atoms with Gasteiger partial charge < -0.3 is 10.6 Å². The van der Waals surface area contributed by atoms with Crippen LogP contribution in [0.5, 0.6) is 0 Å². The third kappa shape index (κ3) is 4.12. The molecule has 0 saturated carbocycles. The average molecular weight is 261 g/mol. The van der Waals surface area contributed by atoms with Gasteiger partial charge in [-0.05, 0) is 30.8 Å². The monoisotopic (exact) mass is 260 g/mol. The number of rotatable bonds is 4. The number of thiophene rings is 1. The second kappa shape index (κ2) is 6.89. The zero-order chi connectivity index (χ0) is 10.5. The molecule has 2 N–H and O–H groups in total. The predicted molar refractivity (Wildman–Crippen MR) is 69.1 cm³/mol. The maximum absolute atomic E-state index is 11.5. The highest BCUT2D eigenvalue weighted by Gasteiger charge is 2.17. The zero-order valence-corrected chi connectivity index (χ0v) is 10.7. The molecule has 1 aromatic heterocycles. The van der Waals surface area contributed by atoms with Gasteiger partial charge in [0.15, 0.2) is 0 Å². The summed E-state index contributed by atoms with van der Waals surface area (Å²) in [5.74, 6) is 0.155. The summed E-state index contributed by atoms with van der Waals surface area (Å²) in [6.07, 6.45) is 2.95. The Morgan fingerprint density at radius 2 is 2.50 bits per heavy atom. The molecule has 16 heavy (non-hydrogen) atoms. The van der Waals surface area contributed by atoms with E-state index in [9.17, 15) is 4.79 Å². The van der Waals surface area contributed by atoms with E-state index >= 15 is 0 Å². The van der Waals surface area contributed by atoms with E-state index < -0.39 is 0 Å². The predicted octanol–water partition coefficient (Wildman–Crippen LogP) is 1.93. The van der Waals surface area contributed by atoms with E-state index in [2.05, 4.69) is 10.6 Å². The fourth-order valence-electron chi connectivity index (χ4n) is 1.83. The summed E-state index contributed by atoms with van der Waals surface area (Å²) in [4.78, 5) is 12.8. The average Bonchev–Trinajstić information content (AvgIpc) is 2.86. The van der Waals surface area contributed by atoms with Crippen LogP contribution >= 0.6 is 23.7 Å². The third-order valence-electron chi connectivity index (χ3n) is 2.63. The number of halogens is 1. The van der Waals surface area contributed by atoms with Crippen molar-refractivity contribution >= 4 is 29.7 Å². The van der Waals surface area contributed by atoms with Crippen molar-refractivity contribution in [3.8, 4) is 0 Å². The summed E-state index contributed by atoms with van der Waals surface area (Å²) in [5, 5.41) is 8.29. The minimum atomic E-state index is 0. The molecule has 1 aromatic rings. The van der Waals surface area contributed by atoms with Crippen molar-refractivity contribution in [2.24, 2.45) is 0 Å². The molecular formula is C11H17ClN2OS. The normalized spacial score (nSPS) is 19.1. The Kier molecular flexibility index (Phi) is 5.80. The minimum Gasteiger partial charge on any atom is -0.351 e. The summed E-state index contributed by atoms with van der Waals surface area (Å²) < 4.78 is 0. The quantitative estimate of drug-likeness (QED) is 0.869. The van der Waals surface area contributed by atoms with E-state index in [0.29, 0.717) is 19.0 Å². The SMILES string of the molecule is Cl.O=C(CC1CCCN1)NCc1cccs1. The summed E-state index contributed by atoms with van der Waals surface area (Å²) in [5.41, 5.74) is 0. The van der Waals surface area contributed by atoms with Gasteiger partial charge in [-0.15, -0.1) is 23.7 Å². The second-order valence-electron chi connectivity index (χ2n) is 3.85. The van der Waals surface area contributed by atoms with Crippen molar-refractivity contribution in [1.82, 2.24) is 10.6 Å². The maximum atomic E-state index is 11.5. The van der Waals surface area contributed by atoms with E-state index in [1.54, 1.807) is 11.3 Å². The highest BCUT2D eigenvalue weighted by molar-refractivity contribution is 7.09. The van der Waals surface area contributed by atoms with Gasteiger partial charge in [-0.1, -0.05) is 6.07 Å². The molecule has 1 fully saturated rings. The van der Waals surface area contributed by atoms with Crippen LogP contribution in [0.4, 0.5) is 0 Å². The van der Waals surface area contributed by atoms with E-state index in [1.165, 1.54) is 11.3 Å². The topological polar surface area (TPSA) is 41.1 Å². The number of nitrogens with one attached hydrogen (secondary N) is 2. The molecule has 1 aliphatic heterocycles. The molecular weight excluding hydrogens is 244 g/mol. The lowest BCUT2D eigenvalue weighted by atomic mass is 10.1. The van der Waals surface area contributed by atoms with Crippen LogP contribution in [0, 0.1) is 0 Å². The van der Waals surface area contributed by atoms with Crippen molar-refractivity contribution in [3.05, 3.63) is 22.4 Å². The highest BCUT2D eigenvalue weighted by Crippen LogP contribution is 2.10. The maximum Gasteiger partial charge on any atom is 0.221 e. The summed E-state index contributed by atoms with van der Waals surface area (Å²) in [6.45, 7) is 1.73. The van der Waals surface area contributed by atoms with Gasteiger partial charge in [-0.25, -0.2) is 0 Å². The number of carbonyl (C=O) groups excluding carboxylic acids is 1. The first-order chi connectivity index (χ1) is 7.34. The Bertz CT molecular complexity index is 310. The Morgan fingerprint density at radius 3 is 3.12 bits per heavy atom. The van der Waals surface area contributed by atoms with E-state index in [-0.39, 0.29) is 18.3 Å². The van der Waals surface area contributed by atoms with Gasteiger partial charge >= 0.3 is 0 Å². The first-order valence-corrected chi connectivity index (χ1v) is 6.25. The number of hydrogen-bond acceptors (Lipinski definition) is 3. The van der Waals surface area contributed by atoms with E-state index in [0.717, 1.165) is 13.0 Å². The van der Waals surface area contributed by atoms with Crippen molar-refractivity contribution in [3.63, 3.8) is 0 Å². The molecule has 5 heteroatoms. The smallest absolute Gasteiger partial charge is 0.221 e. The van der Waals surface area contributed by atoms with Crippen molar-refractivity contribution < 1.29 is 4.79 Å². The Balaban J connectivity index is 0.00000128. The Labute approximate surface area is 106 Å². The van der Waals surface area contributed by atoms with Crippen LogP contribution in [0.15, 0.2) is 17.5 Å². The molecule has 0 bridgehead atoms. The third-order valence-corrected chi connectivity index (χ3v) is 3.51. The molecule has 1 saturated heterocycles. The molecule has 0 radical (unpaired) electrons. The molecule has 2 heterocycles. The lowest BCUT2D eigenvalue weighted by molar-refractivity contribution is -0.121. The fraction of sp³-hybridized carbons (Fsp3) is 0.545. The van der Waals surface area contributed by atoms with Crippen LogP contribution in [-0.4, -0.2) is 18.5 Å². The summed E-state index contributed by atoms with van der Waals surface area (Å²) in [6, 6.07) is 4.44. The lowest BCUT2D eigenvalue weighted by Crippen LogP contribution is -2.31. The molecule has 1 unspecified atom stereocenters. The van der Waals surface area contributed by atoms with Crippen LogP contribution in [0.2, 0.25) is 0 Å². The molecule has 1 atom stereocenters. The van der Waals surface area contributed by atoms with E-state index in [1.807, 2.05) is 17.5 Å². The standard InChI is InChI=1S/C11H16N2OS.ClH/c14-11(7-9-3-1-5-12-9)13-8-10-4-2-6-15-10;/h2,4,6,9,12H,1,3,5,7-8H2,(H,13,14);1H. The Hall–Kier alpha value is -0.580. The second-order valence-corrected chi connectivity index (χ2v) is 4.89. The summed E-state index contributed by atoms with van der Waals surface area (Å²) >= 11 is 1.68. The lowest BCUT2D eigenvalue weighted by Gasteiger charge is -2.09.